The molecule has 0 bridgehead atoms. The molecule has 0 saturated heterocycles. The van der Waals surface area contributed by atoms with Crippen LogP contribution in [0.15, 0.2) is 66.0 Å². The van der Waals surface area contributed by atoms with Gasteiger partial charge in [0.2, 0.25) is 5.95 Å². The zero-order valence-electron chi connectivity index (χ0n) is 19.5. The van der Waals surface area contributed by atoms with Crippen molar-refractivity contribution in [2.24, 2.45) is 0 Å². The molecular weight excluding hydrogens is 560 g/mol. The molecule has 1 aliphatic heterocycles. The van der Waals surface area contributed by atoms with Crippen molar-refractivity contribution in [1.29, 1.82) is 0 Å². The van der Waals surface area contributed by atoms with Crippen LogP contribution in [0.3, 0.4) is 0 Å². The van der Waals surface area contributed by atoms with Gasteiger partial charge < -0.3 is 9.30 Å². The van der Waals surface area contributed by atoms with Crippen LogP contribution in [0.1, 0.15) is 34.7 Å². The summed E-state index contributed by atoms with van der Waals surface area (Å²) in [6.07, 6.45) is 6.65. The fourth-order valence-electron chi connectivity index (χ4n) is 4.51. The number of anilines is 1. The van der Waals surface area contributed by atoms with Crippen molar-refractivity contribution in [3.05, 3.63) is 99.7 Å². The molecule has 35 heavy (non-hydrogen) atoms. The normalized spacial score (nSPS) is 15.5. The van der Waals surface area contributed by atoms with Crippen molar-refractivity contribution >= 4 is 28.8 Å². The Morgan fingerprint density at radius 2 is 1.97 bits per heavy atom. The van der Waals surface area contributed by atoms with Crippen molar-refractivity contribution < 1.29 is 9.13 Å². The van der Waals surface area contributed by atoms with Gasteiger partial charge in [-0.25, -0.2) is 14.4 Å². The van der Waals surface area contributed by atoms with E-state index in [4.69, 9.17) is 4.74 Å². The Hall–Kier alpha value is -3.21. The first-order chi connectivity index (χ1) is 16.9. The van der Waals surface area contributed by atoms with Crippen molar-refractivity contribution in [3.8, 4) is 11.4 Å². The molecular formula is C26H25FIN5O2. The van der Waals surface area contributed by atoms with Gasteiger partial charge >= 0.3 is 0 Å². The monoisotopic (exact) mass is 585 g/mol. The predicted molar refractivity (Wildman–Crippen MR) is 141 cm³/mol. The fraction of sp³-hybridized carbons (Fsp3) is 0.269. The molecule has 0 radical (unpaired) electrons. The Kier molecular flexibility index (Phi) is 6.59. The first-order valence-corrected chi connectivity index (χ1v) is 12.3. The number of rotatable bonds is 5. The van der Waals surface area contributed by atoms with E-state index in [1.54, 1.807) is 36.3 Å². The summed E-state index contributed by atoms with van der Waals surface area (Å²) in [5.74, 6) is 1.19. The molecule has 0 aliphatic carbocycles. The fourth-order valence-corrected chi connectivity index (χ4v) is 5.17. The van der Waals surface area contributed by atoms with Gasteiger partial charge in [0.15, 0.2) is 0 Å². The number of nitrogens with zero attached hydrogens (tertiary/aromatic N) is 5. The lowest BCUT2D eigenvalue weighted by Gasteiger charge is -2.17. The molecule has 0 amide bonds. The molecule has 5 rings (SSSR count). The van der Waals surface area contributed by atoms with Gasteiger partial charge in [-0.05, 0) is 48.7 Å². The van der Waals surface area contributed by atoms with Crippen molar-refractivity contribution in [2.45, 2.75) is 32.2 Å². The number of imidazole rings is 1. The number of methoxy groups -OCH3 is 1. The van der Waals surface area contributed by atoms with Crippen molar-refractivity contribution in [1.82, 2.24) is 19.1 Å². The summed E-state index contributed by atoms with van der Waals surface area (Å²) in [7, 11) is 1.63. The number of ether oxygens (including phenoxy) is 1. The van der Waals surface area contributed by atoms with Crippen LogP contribution < -0.4 is 13.4 Å². The zero-order chi connectivity index (χ0) is 24.5. The Bertz CT molecular complexity index is 1420. The quantitative estimate of drug-likeness (QED) is 0.248. The van der Waals surface area contributed by atoms with Crippen LogP contribution in [0.2, 0.25) is 0 Å². The van der Waals surface area contributed by atoms with Crippen LogP contribution in [0.25, 0.3) is 5.69 Å². The Labute approximate surface area is 216 Å². The minimum Gasteiger partial charge on any atom is -0.495 e. The van der Waals surface area contributed by atoms with Crippen LogP contribution >= 0.6 is 22.9 Å². The third-order valence-corrected chi connectivity index (χ3v) is 7.27. The number of benzene rings is 2. The minimum absolute atomic E-state index is 0.0565. The number of hydrogen-bond acceptors (Lipinski definition) is 5. The van der Waals surface area contributed by atoms with E-state index in [-0.39, 0.29) is 17.3 Å². The van der Waals surface area contributed by atoms with E-state index < -0.39 is 0 Å². The Morgan fingerprint density at radius 3 is 2.69 bits per heavy atom. The molecule has 2 aromatic heterocycles. The Morgan fingerprint density at radius 1 is 1.17 bits per heavy atom. The topological polar surface area (TPSA) is 65.2 Å². The van der Waals surface area contributed by atoms with Crippen LogP contribution in [-0.4, -0.2) is 32.8 Å². The summed E-state index contributed by atoms with van der Waals surface area (Å²) < 4.78 is 24.7. The molecule has 0 spiro atoms. The number of aromatic nitrogens is 4. The van der Waals surface area contributed by atoms with Crippen LogP contribution in [0, 0.1) is 12.7 Å². The summed E-state index contributed by atoms with van der Waals surface area (Å²) in [5.41, 5.74) is 4.35. The lowest BCUT2D eigenvalue weighted by Crippen LogP contribution is -2.29. The third-order valence-electron chi connectivity index (χ3n) is 6.36. The molecule has 3 heterocycles. The average Bonchev–Trinajstić information content (AvgIpc) is 3.22. The van der Waals surface area contributed by atoms with Crippen LogP contribution in [0.4, 0.5) is 10.3 Å². The summed E-state index contributed by atoms with van der Waals surface area (Å²) in [6.45, 7) is 3.19. The standard InChI is InChI=1S/C26H25FIN5O2/c1-17-14-31(16-30-17)23-8-3-18(12-24(23)35-2)11-21-13-29-26-32(25(21)34)15-20(9-10-33(26)28)19-4-6-22(27)7-5-19/h3-8,12-14,16,20H,9-11,15H2,1-2H3. The van der Waals surface area contributed by atoms with Gasteiger partial charge in [0.1, 0.15) is 11.6 Å². The molecule has 4 aromatic rings. The molecule has 2 aromatic carbocycles. The minimum atomic E-state index is -0.260. The smallest absolute Gasteiger partial charge is 0.258 e. The Balaban J connectivity index is 1.46. The molecule has 180 valence electrons. The van der Waals surface area contributed by atoms with E-state index in [9.17, 15) is 9.18 Å². The highest BCUT2D eigenvalue weighted by atomic mass is 127. The van der Waals surface area contributed by atoms with Gasteiger partial charge in [-0.1, -0.05) is 18.2 Å². The number of aryl methyl sites for hydroxylation is 1. The third kappa shape index (κ3) is 4.82. The highest BCUT2D eigenvalue weighted by Gasteiger charge is 2.24. The lowest BCUT2D eigenvalue weighted by molar-refractivity contribution is 0.412. The second-order valence-corrected chi connectivity index (χ2v) is 9.89. The summed E-state index contributed by atoms with van der Waals surface area (Å²) in [4.78, 5) is 22.5. The van der Waals surface area contributed by atoms with E-state index in [0.717, 1.165) is 35.5 Å². The molecule has 1 aliphatic rings. The van der Waals surface area contributed by atoms with Crippen molar-refractivity contribution in [3.63, 3.8) is 0 Å². The van der Waals surface area contributed by atoms with Gasteiger partial charge in [-0.2, -0.15) is 0 Å². The molecule has 1 atom stereocenters. The number of halogens is 2. The maximum Gasteiger partial charge on any atom is 0.258 e. The molecule has 0 fully saturated rings. The predicted octanol–water partition coefficient (Wildman–Crippen LogP) is 4.82. The van der Waals surface area contributed by atoms with Crippen molar-refractivity contribution in [2.75, 3.05) is 16.8 Å². The van der Waals surface area contributed by atoms with Gasteiger partial charge in [-0.3, -0.25) is 12.5 Å². The number of hydrogen-bond donors (Lipinski definition) is 0. The van der Waals surface area contributed by atoms with Gasteiger partial charge in [0.05, 0.1) is 47.7 Å². The van der Waals surface area contributed by atoms with E-state index in [1.807, 2.05) is 39.0 Å². The first kappa shape index (κ1) is 23.5. The second kappa shape index (κ2) is 9.80. The molecule has 9 heteroatoms. The van der Waals surface area contributed by atoms with Crippen LogP contribution in [0.5, 0.6) is 5.75 Å². The highest BCUT2D eigenvalue weighted by Crippen LogP contribution is 2.30. The molecule has 0 N–H and O–H groups in total. The van der Waals surface area contributed by atoms with Gasteiger partial charge in [0, 0.05) is 43.4 Å². The largest absolute Gasteiger partial charge is 0.495 e. The van der Waals surface area contributed by atoms with E-state index >= 15 is 0 Å². The maximum absolute atomic E-state index is 13.6. The maximum atomic E-state index is 13.6. The summed E-state index contributed by atoms with van der Waals surface area (Å²) >= 11 is 2.21. The van der Waals surface area contributed by atoms with E-state index in [2.05, 4.69) is 32.8 Å². The SMILES string of the molecule is COc1cc(Cc2cnc3n(c2=O)CC(c2ccc(F)cc2)CCN3I)ccc1-n1cnc(C)c1. The molecule has 1 unspecified atom stereocenters. The van der Waals surface area contributed by atoms with Gasteiger partial charge in [-0.15, -0.1) is 0 Å². The lowest BCUT2D eigenvalue weighted by atomic mass is 9.95. The van der Waals surface area contributed by atoms with Gasteiger partial charge in [0.25, 0.3) is 5.56 Å². The molecule has 0 saturated carbocycles. The summed E-state index contributed by atoms with van der Waals surface area (Å²) in [5, 5.41) is 0. The average molecular weight is 585 g/mol. The van der Waals surface area contributed by atoms with Crippen LogP contribution in [-0.2, 0) is 13.0 Å². The second-order valence-electron chi connectivity index (χ2n) is 8.73. The van der Waals surface area contributed by atoms with E-state index in [1.165, 1.54) is 12.1 Å². The summed E-state index contributed by atoms with van der Waals surface area (Å²) in [6, 6.07) is 12.5. The van der Waals surface area contributed by atoms with E-state index in [0.29, 0.717) is 30.2 Å². The highest BCUT2D eigenvalue weighted by molar-refractivity contribution is 14.1. The number of fused-ring (bicyclic) bond motifs is 1. The zero-order valence-corrected chi connectivity index (χ0v) is 21.6. The molecule has 7 nitrogen and oxygen atoms in total. The first-order valence-electron chi connectivity index (χ1n) is 11.4.